The molecule has 0 aliphatic rings. The Labute approximate surface area is 135 Å². The van der Waals surface area contributed by atoms with E-state index in [0.717, 1.165) is 0 Å². The van der Waals surface area contributed by atoms with E-state index >= 15 is 0 Å². The smallest absolute Gasteiger partial charge is 0.338 e. The van der Waals surface area contributed by atoms with Crippen LogP contribution in [0.5, 0.6) is 0 Å². The zero-order chi connectivity index (χ0) is 17.7. The van der Waals surface area contributed by atoms with Crippen molar-refractivity contribution in [2.75, 3.05) is 5.32 Å². The first-order valence-electron chi connectivity index (χ1n) is 7.34. The summed E-state index contributed by atoms with van der Waals surface area (Å²) in [6, 6.07) is 3.25. The molecule has 7 heteroatoms. The molecular weight excluding hydrogens is 298 g/mol. The third-order valence-electron chi connectivity index (χ3n) is 3.52. The van der Waals surface area contributed by atoms with E-state index in [1.807, 2.05) is 0 Å². The van der Waals surface area contributed by atoms with Crippen molar-refractivity contribution in [2.45, 2.75) is 39.8 Å². The minimum Gasteiger partial charge on any atom is -0.478 e. The van der Waals surface area contributed by atoms with Gasteiger partial charge >= 0.3 is 5.97 Å². The van der Waals surface area contributed by atoms with Gasteiger partial charge in [-0.2, -0.15) is 0 Å². The molecule has 0 aromatic heterocycles. The number of amides is 2. The van der Waals surface area contributed by atoms with Gasteiger partial charge in [0.05, 0.1) is 17.3 Å². The summed E-state index contributed by atoms with van der Waals surface area (Å²) in [7, 11) is 0. The third-order valence-corrected chi connectivity index (χ3v) is 3.52. The van der Waals surface area contributed by atoms with Crippen LogP contribution in [0.4, 0.5) is 5.69 Å². The van der Waals surface area contributed by atoms with Crippen LogP contribution in [0.15, 0.2) is 18.2 Å². The summed E-state index contributed by atoms with van der Waals surface area (Å²) in [5.41, 5.74) is 6.48. The van der Waals surface area contributed by atoms with Gasteiger partial charge in [-0.05, 0) is 31.4 Å². The number of nitrogens with one attached hydrogen (secondary N) is 2. The second-order valence-corrected chi connectivity index (χ2v) is 5.79. The van der Waals surface area contributed by atoms with Gasteiger partial charge < -0.3 is 21.5 Å². The fraction of sp³-hybridized carbons (Fsp3) is 0.438. The van der Waals surface area contributed by atoms with Crippen molar-refractivity contribution in [3.63, 3.8) is 0 Å². The number of carbonyl (C=O) groups excluding carboxylic acids is 2. The van der Waals surface area contributed by atoms with Crippen molar-refractivity contribution in [1.82, 2.24) is 5.32 Å². The molecule has 2 unspecified atom stereocenters. The lowest BCUT2D eigenvalue weighted by molar-refractivity contribution is -0.127. The van der Waals surface area contributed by atoms with Crippen LogP contribution in [0.3, 0.4) is 0 Å². The third kappa shape index (κ3) is 4.79. The van der Waals surface area contributed by atoms with E-state index in [4.69, 9.17) is 5.73 Å². The summed E-state index contributed by atoms with van der Waals surface area (Å²) in [5, 5.41) is 14.3. The average molecular weight is 321 g/mol. The second kappa shape index (κ2) is 7.73. The van der Waals surface area contributed by atoms with E-state index in [9.17, 15) is 19.5 Å². The Kier molecular flexibility index (Phi) is 6.27. The number of nitrogens with two attached hydrogens (primary N) is 1. The standard InChI is InChI=1S/C16H23N3O4/c1-8(2)13(17)15(21)18-10(4)14(20)19-11-7-5-6-9(3)12(11)16(22)23/h5-8,10,13H,17H2,1-4H3,(H,18,21)(H,19,20)(H,22,23). The van der Waals surface area contributed by atoms with Gasteiger partial charge in [0, 0.05) is 0 Å². The molecule has 1 aromatic rings. The second-order valence-electron chi connectivity index (χ2n) is 5.79. The molecule has 126 valence electrons. The molecule has 0 saturated carbocycles. The number of hydrogen-bond acceptors (Lipinski definition) is 4. The fourth-order valence-corrected chi connectivity index (χ4v) is 1.97. The molecular formula is C16H23N3O4. The molecule has 2 atom stereocenters. The molecule has 2 amide bonds. The van der Waals surface area contributed by atoms with Crippen LogP contribution >= 0.6 is 0 Å². The van der Waals surface area contributed by atoms with Gasteiger partial charge in [0.1, 0.15) is 6.04 Å². The number of benzene rings is 1. The predicted molar refractivity (Wildman–Crippen MR) is 87.2 cm³/mol. The summed E-state index contributed by atoms with van der Waals surface area (Å²) in [5.74, 6) is -2.12. The van der Waals surface area contributed by atoms with Crippen LogP contribution in [0, 0.1) is 12.8 Å². The van der Waals surface area contributed by atoms with Crippen molar-refractivity contribution in [2.24, 2.45) is 11.7 Å². The van der Waals surface area contributed by atoms with E-state index in [0.29, 0.717) is 5.56 Å². The van der Waals surface area contributed by atoms with Gasteiger partial charge in [0.2, 0.25) is 11.8 Å². The van der Waals surface area contributed by atoms with Gasteiger partial charge in [0.15, 0.2) is 0 Å². The number of rotatable bonds is 6. The summed E-state index contributed by atoms with van der Waals surface area (Å²) in [4.78, 5) is 35.3. The lowest BCUT2D eigenvalue weighted by Crippen LogP contribution is -2.50. The Balaban J connectivity index is 2.83. The minimum absolute atomic E-state index is 0.0262. The monoisotopic (exact) mass is 321 g/mol. The Morgan fingerprint density at radius 1 is 1.13 bits per heavy atom. The fourth-order valence-electron chi connectivity index (χ4n) is 1.97. The van der Waals surface area contributed by atoms with Gasteiger partial charge in [-0.15, -0.1) is 0 Å². The van der Waals surface area contributed by atoms with Crippen LogP contribution in [0.2, 0.25) is 0 Å². The number of hydrogen-bond donors (Lipinski definition) is 4. The molecule has 0 fully saturated rings. The molecule has 5 N–H and O–H groups in total. The Morgan fingerprint density at radius 2 is 1.74 bits per heavy atom. The SMILES string of the molecule is Cc1cccc(NC(=O)C(C)NC(=O)C(N)C(C)C)c1C(=O)O. The molecule has 0 aliphatic carbocycles. The molecule has 1 aromatic carbocycles. The molecule has 7 nitrogen and oxygen atoms in total. The first-order chi connectivity index (χ1) is 10.6. The van der Waals surface area contributed by atoms with E-state index < -0.39 is 29.9 Å². The van der Waals surface area contributed by atoms with Gasteiger partial charge in [-0.3, -0.25) is 9.59 Å². The van der Waals surface area contributed by atoms with Crippen LogP contribution < -0.4 is 16.4 Å². The van der Waals surface area contributed by atoms with Crippen molar-refractivity contribution in [1.29, 1.82) is 0 Å². The topological polar surface area (TPSA) is 122 Å². The maximum atomic E-state index is 12.2. The van der Waals surface area contributed by atoms with Crippen LogP contribution in [-0.4, -0.2) is 35.0 Å². The van der Waals surface area contributed by atoms with Gasteiger partial charge in [0.25, 0.3) is 0 Å². The maximum absolute atomic E-state index is 12.2. The molecule has 23 heavy (non-hydrogen) atoms. The van der Waals surface area contributed by atoms with Crippen molar-refractivity contribution >= 4 is 23.5 Å². The summed E-state index contributed by atoms with van der Waals surface area (Å²) in [6.07, 6.45) is 0. The largest absolute Gasteiger partial charge is 0.478 e. The summed E-state index contributed by atoms with van der Waals surface area (Å²) >= 11 is 0. The first-order valence-corrected chi connectivity index (χ1v) is 7.34. The highest BCUT2D eigenvalue weighted by atomic mass is 16.4. The zero-order valence-corrected chi connectivity index (χ0v) is 13.7. The van der Waals surface area contributed by atoms with E-state index in [1.165, 1.54) is 13.0 Å². The summed E-state index contributed by atoms with van der Waals surface area (Å²) < 4.78 is 0. The van der Waals surface area contributed by atoms with Gasteiger partial charge in [-0.25, -0.2) is 4.79 Å². The van der Waals surface area contributed by atoms with E-state index in [1.54, 1.807) is 32.9 Å². The van der Waals surface area contributed by atoms with Crippen molar-refractivity contribution in [3.8, 4) is 0 Å². The predicted octanol–water partition coefficient (Wildman–Crippen LogP) is 1.12. The Morgan fingerprint density at radius 3 is 2.26 bits per heavy atom. The maximum Gasteiger partial charge on any atom is 0.338 e. The number of carboxylic acid groups (broad SMARTS) is 1. The Bertz CT molecular complexity index is 613. The number of carbonyl (C=O) groups is 3. The molecule has 0 saturated heterocycles. The zero-order valence-electron chi connectivity index (χ0n) is 13.7. The van der Waals surface area contributed by atoms with Gasteiger partial charge in [-0.1, -0.05) is 26.0 Å². The lowest BCUT2D eigenvalue weighted by Gasteiger charge is -2.20. The van der Waals surface area contributed by atoms with Crippen molar-refractivity contribution in [3.05, 3.63) is 29.3 Å². The number of anilines is 1. The molecule has 1 rings (SSSR count). The highest BCUT2D eigenvalue weighted by Gasteiger charge is 2.23. The normalized spacial score (nSPS) is 13.3. The number of aromatic carboxylic acids is 1. The van der Waals surface area contributed by atoms with E-state index in [-0.39, 0.29) is 17.2 Å². The lowest BCUT2D eigenvalue weighted by atomic mass is 10.0. The average Bonchev–Trinajstić information content (AvgIpc) is 2.45. The highest BCUT2D eigenvalue weighted by molar-refractivity contribution is 6.03. The molecule has 0 heterocycles. The van der Waals surface area contributed by atoms with Crippen LogP contribution in [0.1, 0.15) is 36.7 Å². The number of aryl methyl sites for hydroxylation is 1. The quantitative estimate of drug-likeness (QED) is 0.625. The first kappa shape index (κ1) is 18.6. The van der Waals surface area contributed by atoms with Crippen LogP contribution in [-0.2, 0) is 9.59 Å². The minimum atomic E-state index is -1.13. The molecule has 0 bridgehead atoms. The molecule has 0 spiro atoms. The molecule has 0 aliphatic heterocycles. The van der Waals surface area contributed by atoms with Crippen LogP contribution in [0.25, 0.3) is 0 Å². The van der Waals surface area contributed by atoms with Crippen molar-refractivity contribution < 1.29 is 19.5 Å². The highest BCUT2D eigenvalue weighted by Crippen LogP contribution is 2.19. The summed E-state index contributed by atoms with van der Waals surface area (Å²) in [6.45, 7) is 6.77. The van der Waals surface area contributed by atoms with E-state index in [2.05, 4.69) is 10.6 Å². The Hall–Kier alpha value is -2.41. The number of carboxylic acids is 1. The molecule has 0 radical (unpaired) electrons.